The molecule has 0 bridgehead atoms. The van der Waals surface area contributed by atoms with Crippen LogP contribution in [0.1, 0.15) is 28.4 Å². The molecule has 0 N–H and O–H groups in total. The molecule has 0 aromatic carbocycles. The van der Waals surface area contributed by atoms with Gasteiger partial charge in [-0.25, -0.2) is 0 Å². The van der Waals surface area contributed by atoms with Gasteiger partial charge in [-0.05, 0) is 31.4 Å². The van der Waals surface area contributed by atoms with Crippen LogP contribution in [0, 0.1) is 11.8 Å². The molecular weight excluding hydrogens is 168 g/mol. The zero-order chi connectivity index (χ0) is 8.97. The highest BCUT2D eigenvalue weighted by atomic mass is 32.1. The summed E-state index contributed by atoms with van der Waals surface area (Å²) in [4.78, 5) is 13.2. The Bertz CT molecular complexity index is 338. The Morgan fingerprint density at radius 2 is 2.33 bits per heavy atom. The first-order valence-electron chi connectivity index (χ1n) is 3.83. The lowest BCUT2D eigenvalue weighted by molar-refractivity contribution is 0.106. The minimum Gasteiger partial charge on any atom is -0.278 e. The zero-order valence-corrected chi connectivity index (χ0v) is 7.99. The summed E-state index contributed by atoms with van der Waals surface area (Å²) in [6, 6.07) is 3.82. The highest BCUT2D eigenvalue weighted by molar-refractivity contribution is 7.14. The first-order valence-corrected chi connectivity index (χ1v) is 4.65. The van der Waals surface area contributed by atoms with Gasteiger partial charge in [0.2, 0.25) is 5.78 Å². The van der Waals surface area contributed by atoms with Crippen LogP contribution in [0.2, 0.25) is 0 Å². The third-order valence-corrected chi connectivity index (χ3v) is 2.70. The second-order valence-electron chi connectivity index (χ2n) is 2.32. The third kappa shape index (κ3) is 1.96. The quantitative estimate of drug-likeness (QED) is 0.386. The van der Waals surface area contributed by atoms with Crippen molar-refractivity contribution in [1.82, 2.24) is 0 Å². The van der Waals surface area contributed by atoms with Gasteiger partial charge in [0.25, 0.3) is 0 Å². The van der Waals surface area contributed by atoms with E-state index in [9.17, 15) is 4.79 Å². The molecule has 2 heteroatoms. The van der Waals surface area contributed by atoms with Crippen molar-refractivity contribution < 1.29 is 4.79 Å². The van der Waals surface area contributed by atoms with E-state index in [2.05, 4.69) is 18.8 Å². The van der Waals surface area contributed by atoms with Gasteiger partial charge in [-0.1, -0.05) is 12.8 Å². The van der Waals surface area contributed by atoms with Crippen molar-refractivity contribution >= 4 is 17.1 Å². The Kier molecular flexibility index (Phi) is 3.07. The molecule has 1 heterocycles. The third-order valence-electron chi connectivity index (χ3n) is 1.47. The minimum absolute atomic E-state index is 0.0674. The fourth-order valence-electron chi connectivity index (χ4n) is 0.865. The second kappa shape index (κ2) is 4.08. The molecule has 12 heavy (non-hydrogen) atoms. The lowest BCUT2D eigenvalue weighted by Gasteiger charge is -1.84. The maximum Gasteiger partial charge on any atom is 0.245 e. The number of rotatable bonds is 2. The number of ketones is 1. The summed E-state index contributed by atoms with van der Waals surface area (Å²) in [6.07, 6.45) is 0.984. The summed E-state index contributed by atoms with van der Waals surface area (Å²) in [7, 11) is 0. The van der Waals surface area contributed by atoms with E-state index >= 15 is 0 Å². The number of Topliss-reactive ketones (excluding diaryl/α,β-unsaturated/α-hetero) is 1. The van der Waals surface area contributed by atoms with Crippen LogP contribution < -0.4 is 0 Å². The first kappa shape index (κ1) is 9.02. The highest BCUT2D eigenvalue weighted by Crippen LogP contribution is 2.16. The first-order chi connectivity index (χ1) is 5.77. The monoisotopic (exact) mass is 178 g/mol. The summed E-state index contributed by atoms with van der Waals surface area (Å²) in [5.74, 6) is 5.05. The van der Waals surface area contributed by atoms with Crippen molar-refractivity contribution in [3.8, 4) is 11.8 Å². The van der Waals surface area contributed by atoms with E-state index in [0.717, 1.165) is 11.3 Å². The summed E-state index contributed by atoms with van der Waals surface area (Å²) in [5, 5.41) is 0. The molecule has 0 radical (unpaired) electrons. The number of carbonyl (C=O) groups excluding carboxylic acids is 1. The van der Waals surface area contributed by atoms with Crippen LogP contribution in [-0.2, 0) is 6.42 Å². The Morgan fingerprint density at radius 3 is 2.83 bits per heavy atom. The molecule has 0 atom stereocenters. The number of thiophene rings is 1. The van der Waals surface area contributed by atoms with E-state index < -0.39 is 0 Å². The number of hydrogen-bond donors (Lipinski definition) is 0. The zero-order valence-electron chi connectivity index (χ0n) is 7.18. The van der Waals surface area contributed by atoms with Gasteiger partial charge in [-0.15, -0.1) is 11.3 Å². The molecule has 0 aliphatic rings. The van der Waals surface area contributed by atoms with Crippen LogP contribution in [0.4, 0.5) is 0 Å². The highest BCUT2D eigenvalue weighted by Gasteiger charge is 2.04. The summed E-state index contributed by atoms with van der Waals surface area (Å²) < 4.78 is 0. The molecule has 0 amide bonds. The Labute approximate surface area is 76.4 Å². The molecule has 0 unspecified atom stereocenters. The molecule has 1 rings (SSSR count). The number of hydrogen-bond acceptors (Lipinski definition) is 2. The normalized spacial score (nSPS) is 8.83. The van der Waals surface area contributed by atoms with E-state index in [1.807, 2.05) is 12.1 Å². The van der Waals surface area contributed by atoms with E-state index in [4.69, 9.17) is 0 Å². The average Bonchev–Trinajstić information content (AvgIpc) is 2.52. The van der Waals surface area contributed by atoms with Crippen molar-refractivity contribution in [3.63, 3.8) is 0 Å². The molecule has 0 aliphatic carbocycles. The fourth-order valence-corrected chi connectivity index (χ4v) is 1.71. The molecule has 1 aromatic rings. The summed E-state index contributed by atoms with van der Waals surface area (Å²) in [6.45, 7) is 3.75. The van der Waals surface area contributed by atoms with Gasteiger partial charge in [-0.3, -0.25) is 4.79 Å². The smallest absolute Gasteiger partial charge is 0.245 e. The van der Waals surface area contributed by atoms with E-state index in [1.165, 1.54) is 16.2 Å². The van der Waals surface area contributed by atoms with Crippen LogP contribution in [0.3, 0.4) is 0 Å². The molecule has 0 saturated heterocycles. The predicted octanol–water partition coefficient (Wildman–Crippen LogP) is 2.52. The van der Waals surface area contributed by atoms with E-state index in [0.29, 0.717) is 0 Å². The van der Waals surface area contributed by atoms with Crippen molar-refractivity contribution in [2.75, 3.05) is 0 Å². The second-order valence-corrected chi connectivity index (χ2v) is 3.49. The number of carbonyl (C=O) groups is 1. The van der Waals surface area contributed by atoms with Crippen LogP contribution in [0.25, 0.3) is 0 Å². The molecular formula is C10H10OS. The van der Waals surface area contributed by atoms with Gasteiger partial charge in [0.1, 0.15) is 0 Å². The van der Waals surface area contributed by atoms with Gasteiger partial charge in [0.05, 0.1) is 4.88 Å². The van der Waals surface area contributed by atoms with Gasteiger partial charge >= 0.3 is 0 Å². The lowest BCUT2D eigenvalue weighted by Crippen LogP contribution is -1.88. The maximum absolute atomic E-state index is 11.2. The maximum atomic E-state index is 11.2. The predicted molar refractivity (Wildman–Crippen MR) is 51.5 cm³/mol. The lowest BCUT2D eigenvalue weighted by atomic mass is 10.3. The van der Waals surface area contributed by atoms with Gasteiger partial charge < -0.3 is 0 Å². The Morgan fingerprint density at radius 1 is 1.58 bits per heavy atom. The number of aryl methyl sites for hydroxylation is 1. The van der Waals surface area contributed by atoms with Gasteiger partial charge in [0, 0.05) is 4.88 Å². The topological polar surface area (TPSA) is 17.1 Å². The van der Waals surface area contributed by atoms with Crippen LogP contribution in [-0.4, -0.2) is 5.78 Å². The molecule has 1 aromatic heterocycles. The minimum atomic E-state index is -0.0674. The van der Waals surface area contributed by atoms with Crippen molar-refractivity contribution in [2.24, 2.45) is 0 Å². The van der Waals surface area contributed by atoms with E-state index in [-0.39, 0.29) is 5.78 Å². The molecule has 0 spiro atoms. The largest absolute Gasteiger partial charge is 0.278 e. The fraction of sp³-hybridized carbons (Fsp3) is 0.300. The summed E-state index contributed by atoms with van der Waals surface area (Å²) in [5.41, 5.74) is 0. The molecule has 0 saturated carbocycles. The van der Waals surface area contributed by atoms with Crippen LogP contribution in [0.5, 0.6) is 0 Å². The summed E-state index contributed by atoms with van der Waals surface area (Å²) >= 11 is 1.53. The molecule has 0 fully saturated rings. The van der Waals surface area contributed by atoms with Gasteiger partial charge in [-0.2, -0.15) is 0 Å². The molecule has 1 nitrogen and oxygen atoms in total. The van der Waals surface area contributed by atoms with Crippen molar-refractivity contribution in [3.05, 3.63) is 21.9 Å². The average molecular weight is 178 g/mol. The standard InChI is InChI=1S/C10H10OS/c1-3-5-9(11)10-7-6-8(4-2)12-10/h6-7H,4H2,1-2H3. The van der Waals surface area contributed by atoms with Crippen LogP contribution in [0.15, 0.2) is 12.1 Å². The van der Waals surface area contributed by atoms with Crippen molar-refractivity contribution in [1.29, 1.82) is 0 Å². The molecule has 62 valence electrons. The molecule has 0 aliphatic heterocycles. The van der Waals surface area contributed by atoms with Crippen LogP contribution >= 0.6 is 11.3 Å². The SMILES string of the molecule is CC#CC(=O)c1ccc(CC)s1. The van der Waals surface area contributed by atoms with E-state index in [1.54, 1.807) is 6.92 Å². The Balaban J connectivity index is 2.86. The van der Waals surface area contributed by atoms with Crippen molar-refractivity contribution in [2.45, 2.75) is 20.3 Å². The Hall–Kier alpha value is -1.07. The van der Waals surface area contributed by atoms with Gasteiger partial charge in [0.15, 0.2) is 0 Å².